The van der Waals surface area contributed by atoms with E-state index < -0.39 is 6.36 Å². The first kappa shape index (κ1) is 22.3. The Labute approximate surface area is 183 Å². The van der Waals surface area contributed by atoms with E-state index in [4.69, 9.17) is 0 Å². The zero-order chi connectivity index (χ0) is 22.7. The molecule has 1 aliphatic rings. The summed E-state index contributed by atoms with van der Waals surface area (Å²) in [5, 5.41) is 20.3. The van der Waals surface area contributed by atoms with E-state index in [1.165, 1.54) is 18.6 Å². The standard InChI is InChI=1S/C21H26F3N7O/c1-3-14(2)31-20(27-28-29-31)19(16-12-26-30(13-16)17-5-4-6-17)25-11-15-7-9-18(10-8-15)32-21(22,23)24/h7-10,12-14,17,19,25H,3-6,11H2,1-2H3. The van der Waals surface area contributed by atoms with Gasteiger partial charge in [-0.15, -0.1) is 18.3 Å². The van der Waals surface area contributed by atoms with Crippen molar-refractivity contribution in [3.8, 4) is 5.75 Å². The molecule has 2 aromatic heterocycles. The number of alkyl halides is 3. The number of benzene rings is 1. The summed E-state index contributed by atoms with van der Waals surface area (Å²) in [4.78, 5) is 0. The summed E-state index contributed by atoms with van der Waals surface area (Å²) >= 11 is 0. The van der Waals surface area contributed by atoms with E-state index in [-0.39, 0.29) is 17.8 Å². The van der Waals surface area contributed by atoms with Gasteiger partial charge in [0.1, 0.15) is 5.75 Å². The van der Waals surface area contributed by atoms with Crippen molar-refractivity contribution in [1.82, 2.24) is 35.3 Å². The van der Waals surface area contributed by atoms with Crippen LogP contribution in [0.15, 0.2) is 36.7 Å². The first-order chi connectivity index (χ1) is 15.3. The summed E-state index contributed by atoms with van der Waals surface area (Å²) < 4.78 is 44.9. The van der Waals surface area contributed by atoms with Gasteiger partial charge in [-0.2, -0.15) is 5.10 Å². The van der Waals surface area contributed by atoms with Crippen LogP contribution in [-0.4, -0.2) is 36.4 Å². The molecule has 3 aromatic rings. The van der Waals surface area contributed by atoms with E-state index in [1.54, 1.807) is 16.8 Å². The van der Waals surface area contributed by atoms with Gasteiger partial charge in [-0.3, -0.25) is 10.00 Å². The second kappa shape index (κ2) is 9.27. The minimum absolute atomic E-state index is 0.116. The van der Waals surface area contributed by atoms with Gasteiger partial charge in [0.05, 0.1) is 24.3 Å². The molecule has 172 valence electrons. The third kappa shape index (κ3) is 5.09. The molecule has 0 saturated heterocycles. The molecular formula is C21H26F3N7O. The van der Waals surface area contributed by atoms with Gasteiger partial charge in [0.2, 0.25) is 0 Å². The molecule has 0 amide bonds. The van der Waals surface area contributed by atoms with Crippen LogP contribution in [0.2, 0.25) is 0 Å². The van der Waals surface area contributed by atoms with Gasteiger partial charge < -0.3 is 4.74 Å². The minimum atomic E-state index is -4.71. The van der Waals surface area contributed by atoms with E-state index >= 15 is 0 Å². The molecule has 0 radical (unpaired) electrons. The topological polar surface area (TPSA) is 82.7 Å². The Morgan fingerprint density at radius 1 is 1.22 bits per heavy atom. The van der Waals surface area contributed by atoms with E-state index in [0.717, 1.165) is 30.4 Å². The number of hydrogen-bond acceptors (Lipinski definition) is 6. The normalized spacial score (nSPS) is 16.5. The van der Waals surface area contributed by atoms with Crippen molar-refractivity contribution < 1.29 is 17.9 Å². The molecule has 8 nitrogen and oxygen atoms in total. The number of halogens is 3. The third-order valence-electron chi connectivity index (χ3n) is 5.86. The van der Waals surface area contributed by atoms with Crippen LogP contribution in [0.25, 0.3) is 0 Å². The second-order valence-corrected chi connectivity index (χ2v) is 8.08. The summed E-state index contributed by atoms with van der Waals surface area (Å²) in [6, 6.07) is 6.02. The average molecular weight is 449 g/mol. The quantitative estimate of drug-likeness (QED) is 0.523. The van der Waals surface area contributed by atoms with E-state index in [2.05, 4.69) is 37.6 Å². The molecule has 1 aliphatic carbocycles. The molecule has 2 atom stereocenters. The van der Waals surface area contributed by atoms with Crippen molar-refractivity contribution in [3.63, 3.8) is 0 Å². The molecule has 11 heteroatoms. The summed E-state index contributed by atoms with van der Waals surface area (Å²) in [7, 11) is 0. The van der Waals surface area contributed by atoms with Crippen LogP contribution in [0.5, 0.6) is 5.75 Å². The van der Waals surface area contributed by atoms with Crippen molar-refractivity contribution in [1.29, 1.82) is 0 Å². The lowest BCUT2D eigenvalue weighted by molar-refractivity contribution is -0.274. The second-order valence-electron chi connectivity index (χ2n) is 8.08. The fourth-order valence-electron chi connectivity index (χ4n) is 3.62. The molecule has 0 spiro atoms. The SMILES string of the molecule is CCC(C)n1nnnc1C(NCc1ccc(OC(F)(F)F)cc1)c1cnn(C2CCC2)c1. The number of tetrazole rings is 1. The van der Waals surface area contributed by atoms with Gasteiger partial charge in [0, 0.05) is 18.3 Å². The Morgan fingerprint density at radius 2 is 1.97 bits per heavy atom. The van der Waals surface area contributed by atoms with Crippen molar-refractivity contribution >= 4 is 0 Å². The molecule has 1 fully saturated rings. The Balaban J connectivity index is 1.54. The fourth-order valence-corrected chi connectivity index (χ4v) is 3.62. The zero-order valence-corrected chi connectivity index (χ0v) is 18.0. The van der Waals surface area contributed by atoms with Crippen LogP contribution in [0, 0.1) is 0 Å². The molecular weight excluding hydrogens is 423 g/mol. The number of aromatic nitrogens is 6. The first-order valence-corrected chi connectivity index (χ1v) is 10.7. The molecule has 1 saturated carbocycles. The number of rotatable bonds is 9. The highest BCUT2D eigenvalue weighted by Crippen LogP contribution is 2.32. The number of ether oxygens (including phenoxy) is 1. The van der Waals surface area contributed by atoms with Crippen molar-refractivity contribution in [3.05, 3.63) is 53.6 Å². The average Bonchev–Trinajstić information content (AvgIpc) is 3.37. The molecule has 1 N–H and O–H groups in total. The van der Waals surface area contributed by atoms with Crippen LogP contribution in [0.3, 0.4) is 0 Å². The van der Waals surface area contributed by atoms with Gasteiger partial charge in [0.25, 0.3) is 0 Å². The maximum absolute atomic E-state index is 12.4. The lowest BCUT2D eigenvalue weighted by Crippen LogP contribution is -2.26. The van der Waals surface area contributed by atoms with E-state index in [0.29, 0.717) is 18.4 Å². The Kier molecular flexibility index (Phi) is 6.45. The predicted octanol–water partition coefficient (Wildman–Crippen LogP) is 4.34. The molecule has 2 unspecified atom stereocenters. The highest BCUT2D eigenvalue weighted by molar-refractivity contribution is 5.28. The molecule has 4 rings (SSSR count). The van der Waals surface area contributed by atoms with Crippen LogP contribution >= 0.6 is 0 Å². The predicted molar refractivity (Wildman–Crippen MR) is 110 cm³/mol. The van der Waals surface area contributed by atoms with Crippen molar-refractivity contribution in [2.45, 2.75) is 70.6 Å². The first-order valence-electron chi connectivity index (χ1n) is 10.7. The molecule has 1 aromatic carbocycles. The van der Waals surface area contributed by atoms with Crippen molar-refractivity contribution in [2.75, 3.05) is 0 Å². The van der Waals surface area contributed by atoms with Crippen LogP contribution in [-0.2, 0) is 6.54 Å². The summed E-state index contributed by atoms with van der Waals surface area (Å²) in [5.74, 6) is 0.421. The Hall–Kier alpha value is -2.95. The Morgan fingerprint density at radius 3 is 2.59 bits per heavy atom. The molecule has 0 bridgehead atoms. The summed E-state index contributed by atoms with van der Waals surface area (Å²) in [6.07, 6.45) is 3.46. The van der Waals surface area contributed by atoms with Gasteiger partial charge in [-0.05, 0) is 60.7 Å². The van der Waals surface area contributed by atoms with Gasteiger partial charge in [-0.25, -0.2) is 4.68 Å². The highest BCUT2D eigenvalue weighted by atomic mass is 19.4. The maximum atomic E-state index is 12.4. The zero-order valence-electron chi connectivity index (χ0n) is 18.0. The van der Waals surface area contributed by atoms with Crippen molar-refractivity contribution in [2.24, 2.45) is 0 Å². The number of hydrogen-bond donors (Lipinski definition) is 1. The smallest absolute Gasteiger partial charge is 0.406 e. The summed E-state index contributed by atoms with van der Waals surface area (Å²) in [6.45, 7) is 4.52. The fraction of sp³-hybridized carbons (Fsp3) is 0.524. The lowest BCUT2D eigenvalue weighted by Gasteiger charge is -2.25. The largest absolute Gasteiger partial charge is 0.573 e. The third-order valence-corrected chi connectivity index (χ3v) is 5.86. The number of nitrogens with one attached hydrogen (secondary N) is 1. The highest BCUT2D eigenvalue weighted by Gasteiger charge is 2.31. The monoisotopic (exact) mass is 449 g/mol. The van der Waals surface area contributed by atoms with Crippen LogP contribution < -0.4 is 10.1 Å². The maximum Gasteiger partial charge on any atom is 0.573 e. The Bertz CT molecular complexity index is 1010. The van der Waals surface area contributed by atoms with Gasteiger partial charge in [-0.1, -0.05) is 19.1 Å². The lowest BCUT2D eigenvalue weighted by atomic mass is 9.93. The molecule has 0 aliphatic heterocycles. The minimum Gasteiger partial charge on any atom is -0.406 e. The van der Waals surface area contributed by atoms with Crippen LogP contribution in [0.4, 0.5) is 13.2 Å². The molecule has 2 heterocycles. The van der Waals surface area contributed by atoms with E-state index in [1.807, 2.05) is 24.0 Å². The molecule has 32 heavy (non-hydrogen) atoms. The van der Waals surface area contributed by atoms with E-state index in [9.17, 15) is 13.2 Å². The van der Waals surface area contributed by atoms with Gasteiger partial charge >= 0.3 is 6.36 Å². The van der Waals surface area contributed by atoms with Crippen LogP contribution in [0.1, 0.15) is 74.6 Å². The van der Waals surface area contributed by atoms with Gasteiger partial charge in [0.15, 0.2) is 5.82 Å². The number of nitrogens with zero attached hydrogens (tertiary/aromatic N) is 6. The summed E-state index contributed by atoms with van der Waals surface area (Å²) in [5.41, 5.74) is 1.74.